The highest BCUT2D eigenvalue weighted by molar-refractivity contribution is 5.91. The van der Waals surface area contributed by atoms with Gasteiger partial charge in [-0.1, -0.05) is 48.5 Å². The predicted molar refractivity (Wildman–Crippen MR) is 216 cm³/mol. The summed E-state index contributed by atoms with van der Waals surface area (Å²) in [6.07, 6.45) is 9.52. The number of likely N-dealkylation sites (tertiary alicyclic amines) is 2. The molecule has 2 aliphatic heterocycles. The summed E-state index contributed by atoms with van der Waals surface area (Å²) in [5, 5.41) is 7.74. The molecule has 2 aliphatic carbocycles. The Labute approximate surface area is 336 Å². The van der Waals surface area contributed by atoms with E-state index in [1.807, 2.05) is 22.2 Å². The number of rotatable bonds is 11. The number of carbonyl (C=O) groups excluding carboxylic acids is 4. The second-order valence-electron chi connectivity index (χ2n) is 16.0. The van der Waals surface area contributed by atoms with Crippen LogP contribution in [0.25, 0.3) is 44.4 Å². The minimum Gasteiger partial charge on any atom is -0.453 e. The third-order valence-electron chi connectivity index (χ3n) is 12.2. The van der Waals surface area contributed by atoms with Gasteiger partial charge in [0.15, 0.2) is 0 Å². The molecule has 2 aromatic heterocycles. The molecule has 5 aromatic rings. The van der Waals surface area contributed by atoms with Gasteiger partial charge in [-0.25, -0.2) is 19.6 Å². The fourth-order valence-corrected chi connectivity index (χ4v) is 8.72. The fraction of sp³-hybridized carbons (Fsp3) is 0.409. The second kappa shape index (κ2) is 15.6. The van der Waals surface area contributed by atoms with Crippen LogP contribution in [-0.4, -0.2) is 93.1 Å². The number of carbonyl (C=O) groups is 4. The number of alkyl carbamates (subject to hydrolysis) is 2. The third-order valence-corrected chi connectivity index (χ3v) is 12.2. The lowest BCUT2D eigenvalue weighted by molar-refractivity contribution is -0.135. The molecule has 4 amide bonds. The zero-order valence-electron chi connectivity index (χ0n) is 32.7. The summed E-state index contributed by atoms with van der Waals surface area (Å²) in [5.74, 6) is 1.65. The predicted octanol–water partition coefficient (Wildman–Crippen LogP) is 6.88. The van der Waals surface area contributed by atoms with E-state index in [1.54, 1.807) is 0 Å². The number of fused-ring (bicyclic) bond motifs is 1. The lowest BCUT2D eigenvalue weighted by Crippen LogP contribution is -2.49. The van der Waals surface area contributed by atoms with Gasteiger partial charge in [-0.2, -0.15) is 0 Å². The molecule has 2 saturated heterocycles. The van der Waals surface area contributed by atoms with Gasteiger partial charge in [-0.3, -0.25) is 9.59 Å². The number of benzene rings is 3. The van der Waals surface area contributed by atoms with Crippen molar-refractivity contribution in [3.8, 4) is 33.6 Å². The Morgan fingerprint density at radius 1 is 0.603 bits per heavy atom. The first-order valence-corrected chi connectivity index (χ1v) is 20.3. The van der Waals surface area contributed by atoms with E-state index in [1.165, 1.54) is 14.2 Å². The number of ether oxygens (including phenoxy) is 2. The minimum absolute atomic E-state index is 0.0736. The van der Waals surface area contributed by atoms with Crippen LogP contribution >= 0.6 is 0 Å². The third kappa shape index (κ3) is 7.50. The quantitative estimate of drug-likeness (QED) is 0.112. The minimum atomic E-state index is -0.582. The van der Waals surface area contributed by atoms with Crippen LogP contribution in [0.15, 0.2) is 73.1 Å². The van der Waals surface area contributed by atoms with Gasteiger partial charge in [0.2, 0.25) is 11.8 Å². The highest BCUT2D eigenvalue weighted by Gasteiger charge is 2.44. The first-order chi connectivity index (χ1) is 28.3. The maximum Gasteiger partial charge on any atom is 0.407 e. The average molecular weight is 785 g/mol. The smallest absolute Gasteiger partial charge is 0.407 e. The highest BCUT2D eigenvalue weighted by atomic mass is 16.5. The highest BCUT2D eigenvalue weighted by Crippen LogP contribution is 2.40. The zero-order chi connectivity index (χ0) is 39.9. The van der Waals surface area contributed by atoms with E-state index in [0.717, 1.165) is 107 Å². The van der Waals surface area contributed by atoms with E-state index in [9.17, 15) is 19.2 Å². The number of H-pyrrole nitrogens is 2. The van der Waals surface area contributed by atoms with Gasteiger partial charge in [0.1, 0.15) is 23.7 Å². The molecule has 0 unspecified atom stereocenters. The van der Waals surface area contributed by atoms with Crippen LogP contribution in [0.4, 0.5) is 9.59 Å². The van der Waals surface area contributed by atoms with Gasteiger partial charge in [-0.15, -0.1) is 0 Å². The van der Waals surface area contributed by atoms with Gasteiger partial charge in [0.25, 0.3) is 0 Å². The molecule has 9 rings (SSSR count). The van der Waals surface area contributed by atoms with Crippen molar-refractivity contribution in [3.63, 3.8) is 0 Å². The number of amides is 4. The van der Waals surface area contributed by atoms with Crippen LogP contribution in [-0.2, 0) is 19.1 Å². The molecule has 4 heterocycles. The van der Waals surface area contributed by atoms with Crippen LogP contribution in [0, 0.1) is 11.8 Å². The molecular weight excluding hydrogens is 737 g/mol. The van der Waals surface area contributed by atoms with E-state index in [2.05, 4.69) is 81.3 Å². The van der Waals surface area contributed by atoms with Crippen molar-refractivity contribution < 1.29 is 28.7 Å². The van der Waals surface area contributed by atoms with Gasteiger partial charge >= 0.3 is 12.2 Å². The molecule has 14 nitrogen and oxygen atoms in total. The molecule has 3 aromatic carbocycles. The van der Waals surface area contributed by atoms with E-state index in [-0.39, 0.29) is 35.7 Å². The van der Waals surface area contributed by atoms with E-state index in [0.29, 0.717) is 13.1 Å². The van der Waals surface area contributed by atoms with Crippen LogP contribution in [0.2, 0.25) is 0 Å². The summed E-state index contributed by atoms with van der Waals surface area (Å²) in [6, 6.07) is 19.7. The first-order valence-electron chi connectivity index (χ1n) is 20.3. The van der Waals surface area contributed by atoms with Crippen molar-refractivity contribution in [1.82, 2.24) is 40.4 Å². The van der Waals surface area contributed by atoms with Gasteiger partial charge in [0.05, 0.1) is 50.1 Å². The molecule has 0 bridgehead atoms. The first kappa shape index (κ1) is 37.4. The van der Waals surface area contributed by atoms with Gasteiger partial charge < -0.3 is 39.9 Å². The van der Waals surface area contributed by atoms with Gasteiger partial charge in [-0.05, 0) is 103 Å². The number of hydrogen-bond acceptors (Lipinski definition) is 8. The molecule has 4 N–H and O–H groups in total. The molecule has 58 heavy (non-hydrogen) atoms. The summed E-state index contributed by atoms with van der Waals surface area (Å²) in [6.45, 7) is 1.25. The Kier molecular flexibility index (Phi) is 10.1. The normalized spacial score (nSPS) is 20.2. The zero-order valence-corrected chi connectivity index (χ0v) is 32.7. The van der Waals surface area contributed by atoms with Crippen molar-refractivity contribution in [2.24, 2.45) is 11.8 Å². The Morgan fingerprint density at radius 2 is 1.03 bits per heavy atom. The summed E-state index contributed by atoms with van der Waals surface area (Å²) >= 11 is 0. The monoisotopic (exact) mass is 784 g/mol. The molecule has 4 aliphatic rings. The van der Waals surface area contributed by atoms with Gasteiger partial charge in [0, 0.05) is 18.7 Å². The number of imidazole rings is 2. The molecule has 2 saturated carbocycles. The second-order valence-corrected chi connectivity index (χ2v) is 16.0. The number of nitrogens with zero attached hydrogens (tertiary/aromatic N) is 4. The van der Waals surface area contributed by atoms with Crippen molar-refractivity contribution >= 4 is 34.8 Å². The molecule has 300 valence electrons. The number of nitrogens with one attached hydrogen (secondary N) is 4. The molecule has 0 radical (unpaired) electrons. The lowest BCUT2D eigenvalue weighted by Gasteiger charge is -2.28. The molecule has 0 spiro atoms. The lowest BCUT2D eigenvalue weighted by atomic mass is 9.98. The Bertz CT molecular complexity index is 2350. The Balaban J connectivity index is 0.864. The van der Waals surface area contributed by atoms with E-state index < -0.39 is 24.3 Å². The van der Waals surface area contributed by atoms with Crippen LogP contribution in [0.5, 0.6) is 0 Å². The summed E-state index contributed by atoms with van der Waals surface area (Å²) < 4.78 is 9.59. The molecule has 4 fully saturated rings. The number of aromatic nitrogens is 4. The number of aromatic amines is 2. The van der Waals surface area contributed by atoms with Crippen molar-refractivity contribution in [1.29, 1.82) is 0 Å². The topological polar surface area (TPSA) is 175 Å². The van der Waals surface area contributed by atoms with Crippen molar-refractivity contribution in [3.05, 3.63) is 84.7 Å². The Hall–Kier alpha value is -6.18. The maximum atomic E-state index is 13.6. The molecular formula is C44H48N8O6. The fourth-order valence-electron chi connectivity index (χ4n) is 8.72. The van der Waals surface area contributed by atoms with E-state index in [4.69, 9.17) is 19.4 Å². The largest absolute Gasteiger partial charge is 0.453 e. The molecule has 4 atom stereocenters. The standard InChI is InChI=1S/C44H48N8O6/c1-57-43(55)49-37(27-11-12-27)41(53)51-19-3-5-35(51)39-45-23-33(47-39)26-9-7-25(8-10-26)29-15-16-31-22-32(18-17-30(31)21-29)34-24-46-40(48-34)36-6-4-20-52(36)42(54)38(28-13-14-28)50-44(56)58-2/h7-10,15-18,21-24,27-28,35-38H,3-6,11-14,19-20H2,1-2H3,(H,45,47)(H,46,48)(H,49,55)(H,50,56)/t35-,36-,37-,38-/m0/s1. The Morgan fingerprint density at radius 3 is 1.52 bits per heavy atom. The van der Waals surface area contributed by atoms with Crippen LogP contribution in [0.1, 0.15) is 75.1 Å². The SMILES string of the molecule is COC(=O)N[C@H](C(=O)N1CCC[C@H]1c1ncc(-c2ccc(-c3ccc4cc(-c5cnc([C@@H]6CCCN6C(=O)[C@@H](NC(=O)OC)C6CC6)[nH]5)ccc4c3)cc2)[nH]1)C1CC1. The van der Waals surface area contributed by atoms with Crippen molar-refractivity contribution in [2.75, 3.05) is 27.3 Å². The average Bonchev–Trinajstić information content (AvgIpc) is 3.97. The van der Waals surface area contributed by atoms with Crippen molar-refractivity contribution in [2.45, 2.75) is 75.5 Å². The van der Waals surface area contributed by atoms with E-state index >= 15 is 0 Å². The number of methoxy groups -OCH3 is 2. The number of hydrogen-bond donors (Lipinski definition) is 4. The summed E-state index contributed by atoms with van der Waals surface area (Å²) in [5.41, 5.74) is 5.96. The van der Waals surface area contributed by atoms with Crippen LogP contribution in [0.3, 0.4) is 0 Å². The summed E-state index contributed by atoms with van der Waals surface area (Å²) in [4.78, 5) is 71.3. The molecule has 14 heteroatoms. The van der Waals surface area contributed by atoms with Crippen LogP contribution < -0.4 is 10.6 Å². The maximum absolute atomic E-state index is 13.6. The summed E-state index contributed by atoms with van der Waals surface area (Å²) in [7, 11) is 2.63.